The largest absolute Gasteiger partial charge is 0.398 e. The Balaban J connectivity index is 1.91. The normalized spacial score (nSPS) is 14.7. The first-order chi connectivity index (χ1) is 18.4. The van der Waals surface area contributed by atoms with Crippen molar-refractivity contribution < 1.29 is 17.7 Å². The maximum absolute atomic E-state index is 15.0. The molecule has 0 spiro atoms. The van der Waals surface area contributed by atoms with Crippen molar-refractivity contribution in [3.63, 3.8) is 0 Å². The molecule has 0 aliphatic carbocycles. The third-order valence-electron chi connectivity index (χ3n) is 8.30. The van der Waals surface area contributed by atoms with Gasteiger partial charge in [0.2, 0.25) is 0 Å². The Kier molecular flexibility index (Phi) is 9.36. The molecule has 0 heterocycles. The van der Waals surface area contributed by atoms with Gasteiger partial charge in [0.05, 0.1) is 33.1 Å². The van der Waals surface area contributed by atoms with Crippen LogP contribution in [-0.4, -0.2) is 38.3 Å². The van der Waals surface area contributed by atoms with Gasteiger partial charge in [0.1, 0.15) is 0 Å². The van der Waals surface area contributed by atoms with Crippen LogP contribution in [0.25, 0.3) is 22.3 Å². The van der Waals surface area contributed by atoms with Crippen molar-refractivity contribution in [1.29, 1.82) is 0 Å². The van der Waals surface area contributed by atoms with Crippen molar-refractivity contribution >= 4 is 0 Å². The molecule has 0 aromatic heterocycles. The SMILES string of the molecule is CC(C)(C)c1ccc(-c2cccc(-c3ccc(C(CCCCC[N+](C)(C)C)(C(C)(C)C)C(F)(F)F)cc3)c2)cc1. The summed E-state index contributed by atoms with van der Waals surface area (Å²) in [5.41, 5.74) is 2.98. The molecule has 0 saturated heterocycles. The lowest BCUT2D eigenvalue weighted by molar-refractivity contribution is -0.870. The van der Waals surface area contributed by atoms with Gasteiger partial charge in [-0.05, 0) is 69.5 Å². The monoisotopic (exact) mass is 552 g/mol. The number of hydrogen-bond acceptors (Lipinski definition) is 0. The van der Waals surface area contributed by atoms with E-state index < -0.39 is 17.0 Å². The summed E-state index contributed by atoms with van der Waals surface area (Å²) >= 11 is 0. The van der Waals surface area contributed by atoms with Crippen molar-refractivity contribution in [3.05, 3.63) is 83.9 Å². The molecule has 0 aliphatic heterocycles. The molecule has 1 atom stereocenters. The Bertz CT molecular complexity index is 1220. The Labute approximate surface area is 241 Å². The summed E-state index contributed by atoms with van der Waals surface area (Å²) in [5, 5.41) is 0. The number of benzene rings is 3. The number of unbranched alkanes of at least 4 members (excludes halogenated alkanes) is 2. The summed E-state index contributed by atoms with van der Waals surface area (Å²) in [4.78, 5) is 0. The van der Waals surface area contributed by atoms with E-state index in [0.717, 1.165) is 46.1 Å². The summed E-state index contributed by atoms with van der Waals surface area (Å²) in [7, 11) is 6.36. The fraction of sp³-hybridized carbons (Fsp3) is 0.500. The molecule has 218 valence electrons. The summed E-state index contributed by atoms with van der Waals surface area (Å²) < 4.78 is 45.9. The van der Waals surface area contributed by atoms with Gasteiger partial charge in [0.15, 0.2) is 0 Å². The molecule has 1 nitrogen and oxygen atoms in total. The molecule has 0 N–H and O–H groups in total. The fourth-order valence-electron chi connectivity index (χ4n) is 5.82. The van der Waals surface area contributed by atoms with Gasteiger partial charge >= 0.3 is 6.18 Å². The van der Waals surface area contributed by atoms with Gasteiger partial charge in [-0.1, -0.05) is 115 Å². The molecule has 3 aromatic rings. The molecule has 0 fully saturated rings. The van der Waals surface area contributed by atoms with Crippen molar-refractivity contribution in [2.75, 3.05) is 27.7 Å². The first-order valence-electron chi connectivity index (χ1n) is 14.5. The molecule has 0 amide bonds. The Hall–Kier alpha value is -2.59. The molecule has 1 unspecified atom stereocenters. The Morgan fingerprint density at radius 3 is 1.45 bits per heavy atom. The van der Waals surface area contributed by atoms with Crippen LogP contribution >= 0.6 is 0 Å². The zero-order valence-corrected chi connectivity index (χ0v) is 26.0. The first kappa shape index (κ1) is 31.9. The second kappa shape index (κ2) is 11.7. The summed E-state index contributed by atoms with van der Waals surface area (Å²) in [6, 6.07) is 24.0. The van der Waals surface area contributed by atoms with E-state index in [0.29, 0.717) is 12.0 Å². The Morgan fingerprint density at radius 1 is 0.575 bits per heavy atom. The van der Waals surface area contributed by atoms with Crippen LogP contribution in [0.1, 0.15) is 78.4 Å². The van der Waals surface area contributed by atoms with Crippen LogP contribution in [0.3, 0.4) is 0 Å². The van der Waals surface area contributed by atoms with Crippen LogP contribution in [0.15, 0.2) is 72.8 Å². The van der Waals surface area contributed by atoms with Gasteiger partial charge in [-0.15, -0.1) is 0 Å². The molecule has 3 rings (SSSR count). The average Bonchev–Trinajstić information content (AvgIpc) is 2.84. The standard InChI is InChI=1S/C36H49F3N/c1-33(2,3)31-20-16-27(17-21-31)29-14-13-15-30(26-29)28-18-22-32(23-19-28)35(34(4,5)6,36(37,38)39)24-11-10-12-25-40(7,8)9/h13-23,26H,10-12,24-25H2,1-9H3/q+1. The first-order valence-corrected chi connectivity index (χ1v) is 14.5. The topological polar surface area (TPSA) is 0 Å². The molecule has 4 heteroatoms. The smallest absolute Gasteiger partial charge is 0.331 e. The molecular formula is C36H49F3N+. The van der Waals surface area contributed by atoms with Gasteiger partial charge in [0, 0.05) is 0 Å². The highest BCUT2D eigenvalue weighted by Gasteiger charge is 2.61. The number of hydrogen-bond donors (Lipinski definition) is 0. The summed E-state index contributed by atoms with van der Waals surface area (Å²) in [5.74, 6) is 0. The second-order valence-electron chi connectivity index (χ2n) is 14.5. The Morgan fingerprint density at radius 2 is 1.05 bits per heavy atom. The third-order valence-corrected chi connectivity index (χ3v) is 8.30. The fourth-order valence-corrected chi connectivity index (χ4v) is 5.82. The van der Waals surface area contributed by atoms with Gasteiger partial charge in [-0.25, -0.2) is 0 Å². The minimum absolute atomic E-state index is 0.0898. The quantitative estimate of drug-likeness (QED) is 0.183. The van der Waals surface area contributed by atoms with Gasteiger partial charge < -0.3 is 4.48 Å². The number of quaternary nitrogens is 1. The van der Waals surface area contributed by atoms with E-state index in [1.165, 1.54) is 5.56 Å². The zero-order chi connectivity index (χ0) is 30.0. The van der Waals surface area contributed by atoms with Crippen LogP contribution in [0, 0.1) is 5.41 Å². The predicted molar refractivity (Wildman–Crippen MR) is 165 cm³/mol. The highest BCUT2D eigenvalue weighted by atomic mass is 19.4. The van der Waals surface area contributed by atoms with Crippen LogP contribution in [0.2, 0.25) is 0 Å². The average molecular weight is 553 g/mol. The molecule has 0 saturated carbocycles. The van der Waals surface area contributed by atoms with Crippen LogP contribution < -0.4 is 0 Å². The molecule has 0 bridgehead atoms. The summed E-state index contributed by atoms with van der Waals surface area (Å²) in [6.45, 7) is 12.8. The predicted octanol–water partition coefficient (Wildman–Crippen LogP) is 10.4. The van der Waals surface area contributed by atoms with E-state index in [1.807, 2.05) is 24.3 Å². The highest BCUT2D eigenvalue weighted by molar-refractivity contribution is 5.73. The van der Waals surface area contributed by atoms with Gasteiger partial charge in [-0.3, -0.25) is 0 Å². The minimum atomic E-state index is -4.36. The zero-order valence-electron chi connectivity index (χ0n) is 26.0. The molecule has 0 aliphatic rings. The van der Waals surface area contributed by atoms with E-state index in [2.05, 4.69) is 78.3 Å². The van der Waals surface area contributed by atoms with Crippen LogP contribution in [-0.2, 0) is 10.8 Å². The molecule has 3 aromatic carbocycles. The van der Waals surface area contributed by atoms with E-state index in [9.17, 15) is 0 Å². The third kappa shape index (κ3) is 7.37. The highest BCUT2D eigenvalue weighted by Crippen LogP contribution is 2.55. The van der Waals surface area contributed by atoms with Gasteiger partial charge in [0.25, 0.3) is 0 Å². The van der Waals surface area contributed by atoms with Crippen LogP contribution in [0.5, 0.6) is 0 Å². The lowest BCUT2D eigenvalue weighted by Gasteiger charge is -2.47. The van der Waals surface area contributed by atoms with Gasteiger partial charge in [-0.2, -0.15) is 13.2 Å². The van der Waals surface area contributed by atoms with Crippen LogP contribution in [0.4, 0.5) is 13.2 Å². The van der Waals surface area contributed by atoms with Crippen molar-refractivity contribution in [2.24, 2.45) is 5.41 Å². The van der Waals surface area contributed by atoms with Crippen molar-refractivity contribution in [3.8, 4) is 22.3 Å². The van der Waals surface area contributed by atoms with E-state index in [4.69, 9.17) is 0 Å². The van der Waals surface area contributed by atoms with E-state index >= 15 is 13.2 Å². The maximum atomic E-state index is 15.0. The second-order valence-corrected chi connectivity index (χ2v) is 14.5. The number of alkyl halides is 3. The maximum Gasteiger partial charge on any atom is 0.398 e. The van der Waals surface area contributed by atoms with E-state index in [-0.39, 0.29) is 11.8 Å². The minimum Gasteiger partial charge on any atom is -0.331 e. The van der Waals surface area contributed by atoms with Crippen molar-refractivity contribution in [1.82, 2.24) is 0 Å². The van der Waals surface area contributed by atoms with E-state index in [1.54, 1.807) is 32.9 Å². The lowest BCUT2D eigenvalue weighted by atomic mass is 9.59. The molecule has 40 heavy (non-hydrogen) atoms. The molecular weight excluding hydrogens is 503 g/mol. The number of nitrogens with zero attached hydrogens (tertiary/aromatic N) is 1. The molecule has 0 radical (unpaired) electrons. The number of halogens is 3. The lowest BCUT2D eigenvalue weighted by Crippen LogP contribution is -2.52. The summed E-state index contributed by atoms with van der Waals surface area (Å²) in [6.07, 6.45) is -1.99. The number of rotatable bonds is 9. The van der Waals surface area contributed by atoms with Crippen molar-refractivity contribution in [2.45, 2.75) is 84.2 Å².